The second-order valence-electron chi connectivity index (χ2n) is 16.1. The number of carbonyl (C=O) groups excluding carboxylic acids is 2. The predicted octanol–water partition coefficient (Wildman–Crippen LogP) is 6.92. The van der Waals surface area contributed by atoms with Crippen LogP contribution in [0, 0.1) is 25.7 Å². The number of rotatable bonds is 14. The lowest BCUT2D eigenvalue weighted by atomic mass is 9.91. The Balaban J connectivity index is 0.825. The number of nitrogens with zero attached hydrogens (tertiary/aromatic N) is 6. The normalized spacial score (nSPS) is 18.3. The van der Waals surface area contributed by atoms with Gasteiger partial charge in [0.05, 0.1) is 33.9 Å². The molecule has 2 aliphatic rings. The van der Waals surface area contributed by atoms with Gasteiger partial charge in [0.25, 0.3) is 5.88 Å². The van der Waals surface area contributed by atoms with Crippen molar-refractivity contribution in [1.29, 1.82) is 0 Å². The highest BCUT2D eigenvalue weighted by atomic mass is 32.1. The van der Waals surface area contributed by atoms with Crippen LogP contribution in [0.25, 0.3) is 31.9 Å². The Morgan fingerprint density at radius 2 is 1.81 bits per heavy atom. The molecule has 3 N–H and O–H groups in total. The average molecular weight is 836 g/mol. The van der Waals surface area contributed by atoms with Crippen molar-refractivity contribution >= 4 is 44.7 Å². The van der Waals surface area contributed by atoms with Gasteiger partial charge in [-0.05, 0) is 79.1 Å². The molecule has 0 aliphatic carbocycles. The lowest BCUT2D eigenvalue weighted by molar-refractivity contribution is -0.141. The third-order valence-corrected chi connectivity index (χ3v) is 13.7. The number of likely N-dealkylation sites (tertiary alicyclic amines) is 2. The second kappa shape index (κ2) is 17.2. The van der Waals surface area contributed by atoms with E-state index < -0.39 is 18.1 Å². The van der Waals surface area contributed by atoms with Gasteiger partial charge in [-0.15, -0.1) is 32.9 Å². The first-order chi connectivity index (χ1) is 28.4. The van der Waals surface area contributed by atoms with Gasteiger partial charge in [0.2, 0.25) is 11.8 Å². The number of phenolic OH excluding ortho intramolecular Hbond substituents is 1. The third-order valence-electron chi connectivity index (χ3n) is 11.5. The summed E-state index contributed by atoms with van der Waals surface area (Å²) in [5.41, 5.74) is 7.37. The molecule has 4 aromatic heterocycles. The zero-order valence-corrected chi connectivity index (χ0v) is 35.4. The van der Waals surface area contributed by atoms with Crippen molar-refractivity contribution in [3.8, 4) is 33.3 Å². The Kier molecular flexibility index (Phi) is 11.8. The van der Waals surface area contributed by atoms with Crippen LogP contribution in [-0.4, -0.2) is 97.1 Å². The van der Waals surface area contributed by atoms with Crippen molar-refractivity contribution in [3.63, 3.8) is 0 Å². The van der Waals surface area contributed by atoms with Gasteiger partial charge < -0.3 is 29.7 Å². The first-order valence-electron chi connectivity index (χ1n) is 20.1. The lowest BCUT2D eigenvalue weighted by Gasteiger charge is -2.39. The SMILES string of the molecule is Cc1ncsc1-c1ccc([C@H](C)NC(=O)[C@@H]2C[C@@H](O)CN2C(=O)[C@@H](c2cc(OCCN3CC(Cc4sc5nnc(-c6ccccc6O)cc5c4C)C3)no2)C(C)C)cc1. The number of β-amino-alcohol motifs (C(OH)–C–C–N with tert-alkyl or cyclic N) is 1. The Morgan fingerprint density at radius 3 is 2.54 bits per heavy atom. The maximum absolute atomic E-state index is 14.1. The monoisotopic (exact) mass is 835 g/mol. The third kappa shape index (κ3) is 8.60. The summed E-state index contributed by atoms with van der Waals surface area (Å²) in [6, 6.07) is 17.8. The fourth-order valence-corrected chi connectivity index (χ4v) is 10.2. The molecule has 2 fully saturated rings. The Hall–Kier alpha value is -5.22. The molecule has 308 valence electrons. The lowest BCUT2D eigenvalue weighted by Crippen LogP contribution is -2.49. The van der Waals surface area contributed by atoms with Gasteiger partial charge >= 0.3 is 0 Å². The first-order valence-corrected chi connectivity index (χ1v) is 21.8. The van der Waals surface area contributed by atoms with Crippen LogP contribution < -0.4 is 10.1 Å². The van der Waals surface area contributed by atoms with Gasteiger partial charge in [-0.3, -0.25) is 14.5 Å². The minimum atomic E-state index is -0.821. The number of aryl methyl sites for hydroxylation is 2. The van der Waals surface area contributed by atoms with E-state index in [1.807, 2.05) is 75.7 Å². The number of carbonyl (C=O) groups is 2. The van der Waals surface area contributed by atoms with E-state index in [9.17, 15) is 19.8 Å². The molecule has 2 amide bonds. The number of aromatic hydroxyl groups is 1. The summed E-state index contributed by atoms with van der Waals surface area (Å²) in [7, 11) is 0. The number of nitrogens with one attached hydrogen (secondary N) is 1. The molecule has 0 saturated carbocycles. The number of thiazole rings is 1. The average Bonchev–Trinajstić information content (AvgIpc) is 4.01. The van der Waals surface area contributed by atoms with E-state index in [1.165, 1.54) is 15.3 Å². The molecule has 59 heavy (non-hydrogen) atoms. The standard InChI is InChI=1S/C44H49N7O6S2/c1-24(2)40(44(55)51-22-31(52)17-35(51)42(54)46-26(4)29-10-12-30(13-11-29)41-27(5)45-23-58-41)37-19-39(49-57-37)56-15-14-50-20-28(21-50)16-38-25(3)33-18-34(47-48-43(33)59-38)32-8-6-7-9-36(32)53/h6-13,18-19,23-24,26,28,31,35,40,52-53H,14-17,20-22H2,1-5H3,(H,46,54)/t26-,31+,35-,40+/m0/s1. The summed E-state index contributed by atoms with van der Waals surface area (Å²) < 4.78 is 11.7. The topological polar surface area (TPSA) is 167 Å². The molecule has 4 atom stereocenters. The minimum Gasteiger partial charge on any atom is -0.507 e. The summed E-state index contributed by atoms with van der Waals surface area (Å²) in [5, 5.41) is 38.1. The summed E-state index contributed by atoms with van der Waals surface area (Å²) >= 11 is 3.28. The summed E-state index contributed by atoms with van der Waals surface area (Å²) in [4.78, 5) is 39.3. The van der Waals surface area contributed by atoms with Crippen LogP contribution in [0.2, 0.25) is 0 Å². The number of benzene rings is 2. The van der Waals surface area contributed by atoms with E-state index in [-0.39, 0.29) is 42.5 Å². The fraction of sp³-hybridized carbons (Fsp3) is 0.409. The summed E-state index contributed by atoms with van der Waals surface area (Å²) in [6.07, 6.45) is 0.300. The Bertz CT molecular complexity index is 2440. The molecule has 2 aromatic carbocycles. The van der Waals surface area contributed by atoms with Crippen molar-refractivity contribution in [2.75, 3.05) is 32.8 Å². The Morgan fingerprint density at radius 1 is 1.03 bits per heavy atom. The van der Waals surface area contributed by atoms with Crippen molar-refractivity contribution in [2.45, 2.75) is 71.6 Å². The van der Waals surface area contributed by atoms with E-state index in [0.29, 0.717) is 35.4 Å². The van der Waals surface area contributed by atoms with Crippen LogP contribution >= 0.6 is 22.7 Å². The van der Waals surface area contributed by atoms with E-state index >= 15 is 0 Å². The summed E-state index contributed by atoms with van der Waals surface area (Å²) in [6.45, 7) is 13.0. The van der Waals surface area contributed by atoms with Gasteiger partial charge in [0.15, 0.2) is 5.76 Å². The van der Waals surface area contributed by atoms with E-state index in [0.717, 1.165) is 58.0 Å². The number of aromatic nitrogens is 4. The molecular weight excluding hydrogens is 787 g/mol. The van der Waals surface area contributed by atoms with Gasteiger partial charge in [0.1, 0.15) is 29.1 Å². The predicted molar refractivity (Wildman–Crippen MR) is 227 cm³/mol. The highest BCUT2D eigenvalue weighted by molar-refractivity contribution is 7.18. The highest BCUT2D eigenvalue weighted by Crippen LogP contribution is 2.37. The van der Waals surface area contributed by atoms with Gasteiger partial charge in [-0.25, -0.2) is 4.98 Å². The van der Waals surface area contributed by atoms with Gasteiger partial charge in [-0.1, -0.05) is 50.2 Å². The maximum atomic E-state index is 14.1. The van der Waals surface area contributed by atoms with Crippen molar-refractivity contribution in [2.24, 2.45) is 11.8 Å². The van der Waals surface area contributed by atoms with Crippen LogP contribution in [0.4, 0.5) is 0 Å². The molecule has 0 spiro atoms. The number of hydrogen-bond acceptors (Lipinski definition) is 13. The largest absolute Gasteiger partial charge is 0.507 e. The molecule has 6 heterocycles. The second-order valence-corrected chi connectivity index (χ2v) is 18.0. The smallest absolute Gasteiger partial charge is 0.254 e. The molecule has 2 aliphatic heterocycles. The number of aliphatic hydroxyl groups is 1. The number of ether oxygens (including phenoxy) is 1. The molecule has 0 bridgehead atoms. The van der Waals surface area contributed by atoms with Crippen LogP contribution in [0.1, 0.15) is 66.6 Å². The number of phenols is 1. The van der Waals surface area contributed by atoms with Gasteiger partial charge in [0, 0.05) is 54.5 Å². The number of aliphatic hydroxyl groups excluding tert-OH is 1. The van der Waals surface area contributed by atoms with Crippen LogP contribution in [0.15, 0.2) is 70.7 Å². The molecule has 0 radical (unpaired) electrons. The zero-order valence-electron chi connectivity index (χ0n) is 33.8. The number of para-hydroxylation sites is 1. The fourth-order valence-electron chi connectivity index (χ4n) is 8.22. The van der Waals surface area contributed by atoms with Crippen LogP contribution in [0.5, 0.6) is 11.6 Å². The highest BCUT2D eigenvalue weighted by Gasteiger charge is 2.43. The summed E-state index contributed by atoms with van der Waals surface area (Å²) in [5.74, 6) is -0.0985. The molecule has 6 aromatic rings. The van der Waals surface area contributed by atoms with E-state index in [2.05, 4.69) is 37.5 Å². The first kappa shape index (κ1) is 40.6. The molecule has 8 rings (SSSR count). The van der Waals surface area contributed by atoms with Crippen molar-refractivity contribution < 1.29 is 29.1 Å². The molecule has 0 unspecified atom stereocenters. The molecule has 2 saturated heterocycles. The van der Waals surface area contributed by atoms with Crippen LogP contribution in [-0.2, 0) is 16.0 Å². The van der Waals surface area contributed by atoms with E-state index in [1.54, 1.807) is 40.9 Å². The maximum Gasteiger partial charge on any atom is 0.254 e. The van der Waals surface area contributed by atoms with Crippen molar-refractivity contribution in [3.05, 3.63) is 93.6 Å². The number of thiophene rings is 1. The molecular formula is C44H49N7O6S2. The van der Waals surface area contributed by atoms with E-state index in [4.69, 9.17) is 9.26 Å². The van der Waals surface area contributed by atoms with Crippen LogP contribution in [0.3, 0.4) is 0 Å². The quantitative estimate of drug-likeness (QED) is 0.104. The number of hydrogen-bond donors (Lipinski definition) is 3. The molecule has 13 nitrogen and oxygen atoms in total. The minimum absolute atomic E-state index is 0.0584. The zero-order chi connectivity index (χ0) is 41.4. The van der Waals surface area contributed by atoms with Crippen molar-refractivity contribution in [1.82, 2.24) is 35.5 Å². The van der Waals surface area contributed by atoms with Gasteiger partial charge in [-0.2, -0.15) is 0 Å². The number of fused-ring (bicyclic) bond motifs is 1. The Labute approximate surface area is 351 Å². The molecule has 15 heteroatoms. The number of amides is 2.